The average Bonchev–Trinajstić information content (AvgIpc) is 2.20. The number of nitrogens with two attached hydrogens (primary N) is 1. The van der Waals surface area contributed by atoms with Crippen molar-refractivity contribution in [1.82, 2.24) is 4.98 Å². The van der Waals surface area contributed by atoms with Gasteiger partial charge in [0.05, 0.1) is 25.2 Å². The lowest BCUT2D eigenvalue weighted by molar-refractivity contribution is -0.114. The highest BCUT2D eigenvalue weighted by atomic mass is 35.5. The fourth-order valence-corrected chi connectivity index (χ4v) is 1.06. The predicted molar refractivity (Wildman–Crippen MR) is 66.3 cm³/mol. The number of ether oxygens (including phenoxy) is 1. The van der Waals surface area contributed by atoms with Crippen LogP contribution in [0.15, 0.2) is 12.3 Å². The molecular weight excluding hydrogens is 249 g/mol. The first-order valence-electron chi connectivity index (χ1n) is 4.85. The van der Waals surface area contributed by atoms with Crippen molar-refractivity contribution in [3.8, 4) is 5.75 Å². The molecule has 0 aliphatic rings. The van der Waals surface area contributed by atoms with Crippen LogP contribution in [0.25, 0.3) is 0 Å². The normalized spacial score (nSPS) is 9.29. The lowest BCUT2D eigenvalue weighted by Crippen LogP contribution is -2.08. The van der Waals surface area contributed by atoms with Crippen molar-refractivity contribution < 1.29 is 13.9 Å². The number of anilines is 2. The van der Waals surface area contributed by atoms with Crippen molar-refractivity contribution in [1.29, 1.82) is 0 Å². The van der Waals surface area contributed by atoms with Crippen LogP contribution in [0, 0.1) is 0 Å². The van der Waals surface area contributed by atoms with Crippen LogP contribution < -0.4 is 15.8 Å². The molecule has 17 heavy (non-hydrogen) atoms. The van der Waals surface area contributed by atoms with E-state index in [4.69, 9.17) is 10.5 Å². The minimum atomic E-state index is -0.433. The zero-order chi connectivity index (χ0) is 12.0. The second-order valence-corrected chi connectivity index (χ2v) is 3.18. The summed E-state index contributed by atoms with van der Waals surface area (Å²) in [6.07, 6.45) is 1.71. The van der Waals surface area contributed by atoms with Crippen LogP contribution in [0.2, 0.25) is 0 Å². The van der Waals surface area contributed by atoms with Crippen LogP contribution >= 0.6 is 12.4 Å². The van der Waals surface area contributed by atoms with E-state index in [2.05, 4.69) is 10.3 Å². The van der Waals surface area contributed by atoms with Crippen molar-refractivity contribution in [2.75, 3.05) is 24.3 Å². The first-order chi connectivity index (χ1) is 7.63. The van der Waals surface area contributed by atoms with Crippen LogP contribution in [0.3, 0.4) is 0 Å². The summed E-state index contributed by atoms with van der Waals surface area (Å²) in [4.78, 5) is 14.7. The highest BCUT2D eigenvalue weighted by Gasteiger charge is 2.04. The number of pyridine rings is 1. The predicted octanol–water partition coefficient (Wildman–Crippen LogP) is 1.78. The maximum absolute atomic E-state index is 11.8. The van der Waals surface area contributed by atoms with Gasteiger partial charge in [0.1, 0.15) is 5.82 Å². The van der Waals surface area contributed by atoms with Gasteiger partial charge in [-0.15, -0.1) is 12.4 Å². The number of alkyl halides is 1. The van der Waals surface area contributed by atoms with Gasteiger partial charge in [-0.3, -0.25) is 9.18 Å². The standard InChI is InChI=1S/C10H14FN3O2.ClH/c1-7(15)14-10-5-8(12)9(6-13-10)16-4-2-3-11;/h5-6H,2-4H2,1H3,(H3,12,13,14,15);1H. The summed E-state index contributed by atoms with van der Waals surface area (Å²) in [7, 11) is 0. The van der Waals surface area contributed by atoms with Gasteiger partial charge < -0.3 is 15.8 Å². The number of nitrogens with zero attached hydrogens (tertiary/aromatic N) is 1. The summed E-state index contributed by atoms with van der Waals surface area (Å²) in [5, 5.41) is 2.49. The van der Waals surface area contributed by atoms with E-state index < -0.39 is 6.67 Å². The van der Waals surface area contributed by atoms with E-state index in [0.29, 0.717) is 23.7 Å². The number of nitrogen functional groups attached to an aromatic ring is 1. The van der Waals surface area contributed by atoms with E-state index in [1.54, 1.807) is 0 Å². The molecule has 1 aromatic rings. The molecule has 0 spiro atoms. The van der Waals surface area contributed by atoms with Gasteiger partial charge in [0, 0.05) is 19.4 Å². The first kappa shape index (κ1) is 15.4. The Kier molecular flexibility index (Phi) is 6.97. The zero-order valence-electron chi connectivity index (χ0n) is 9.40. The third kappa shape index (κ3) is 5.35. The molecule has 7 heteroatoms. The quantitative estimate of drug-likeness (QED) is 0.794. The van der Waals surface area contributed by atoms with Gasteiger partial charge in [-0.05, 0) is 0 Å². The topological polar surface area (TPSA) is 77.2 Å². The number of rotatable bonds is 5. The minimum Gasteiger partial charge on any atom is -0.490 e. The fourth-order valence-electron chi connectivity index (χ4n) is 1.06. The minimum absolute atomic E-state index is 0. The molecule has 96 valence electrons. The van der Waals surface area contributed by atoms with Gasteiger partial charge in [0.2, 0.25) is 5.91 Å². The van der Waals surface area contributed by atoms with Crippen LogP contribution in [-0.2, 0) is 4.79 Å². The second-order valence-electron chi connectivity index (χ2n) is 3.18. The van der Waals surface area contributed by atoms with Crippen LogP contribution in [0.1, 0.15) is 13.3 Å². The van der Waals surface area contributed by atoms with Gasteiger partial charge in [0.25, 0.3) is 0 Å². The molecule has 0 saturated heterocycles. The summed E-state index contributed by atoms with van der Waals surface area (Å²) < 4.78 is 17.0. The SMILES string of the molecule is CC(=O)Nc1cc(N)c(OCCCF)cn1.Cl. The van der Waals surface area contributed by atoms with Crippen molar-refractivity contribution in [2.45, 2.75) is 13.3 Å². The summed E-state index contributed by atoms with van der Waals surface area (Å²) in [6.45, 7) is 1.20. The lowest BCUT2D eigenvalue weighted by Gasteiger charge is -2.08. The second kappa shape index (κ2) is 7.67. The maximum atomic E-state index is 11.8. The van der Waals surface area contributed by atoms with Crippen LogP contribution in [-0.4, -0.2) is 24.2 Å². The molecule has 0 aliphatic heterocycles. The third-order valence-electron chi connectivity index (χ3n) is 1.74. The van der Waals surface area contributed by atoms with Crippen molar-refractivity contribution in [3.63, 3.8) is 0 Å². The Hall–Kier alpha value is -1.56. The summed E-state index contributed by atoms with van der Waals surface area (Å²) in [5.74, 6) is 0.531. The van der Waals surface area contributed by atoms with Gasteiger partial charge >= 0.3 is 0 Å². The maximum Gasteiger partial charge on any atom is 0.222 e. The monoisotopic (exact) mass is 263 g/mol. The Labute approximate surface area is 105 Å². The molecule has 5 nitrogen and oxygen atoms in total. The zero-order valence-corrected chi connectivity index (χ0v) is 10.2. The number of carbonyl (C=O) groups excluding carboxylic acids is 1. The first-order valence-corrected chi connectivity index (χ1v) is 4.85. The lowest BCUT2D eigenvalue weighted by atomic mass is 10.3. The highest BCUT2D eigenvalue weighted by molar-refractivity contribution is 5.88. The number of hydrogen-bond acceptors (Lipinski definition) is 4. The Morgan fingerprint density at radius 3 is 2.88 bits per heavy atom. The highest BCUT2D eigenvalue weighted by Crippen LogP contribution is 2.22. The molecular formula is C10H15ClFN3O2. The smallest absolute Gasteiger partial charge is 0.222 e. The Balaban J connectivity index is 0.00000256. The van der Waals surface area contributed by atoms with Crippen LogP contribution in [0.4, 0.5) is 15.9 Å². The van der Waals surface area contributed by atoms with Crippen molar-refractivity contribution in [2.24, 2.45) is 0 Å². The molecule has 1 aromatic heterocycles. The molecule has 1 rings (SSSR count). The number of nitrogens with one attached hydrogen (secondary N) is 1. The average molecular weight is 264 g/mol. The molecule has 0 atom stereocenters. The van der Waals surface area contributed by atoms with Gasteiger partial charge in [-0.1, -0.05) is 0 Å². The van der Waals surface area contributed by atoms with Crippen LogP contribution in [0.5, 0.6) is 5.75 Å². The molecule has 1 heterocycles. The number of aromatic nitrogens is 1. The molecule has 0 saturated carbocycles. The van der Waals surface area contributed by atoms with E-state index >= 15 is 0 Å². The molecule has 0 aromatic carbocycles. The largest absolute Gasteiger partial charge is 0.490 e. The van der Waals surface area contributed by atoms with E-state index in [1.165, 1.54) is 19.2 Å². The Morgan fingerprint density at radius 2 is 2.35 bits per heavy atom. The van der Waals surface area contributed by atoms with Gasteiger partial charge in [-0.25, -0.2) is 4.98 Å². The van der Waals surface area contributed by atoms with E-state index in [-0.39, 0.29) is 24.9 Å². The molecule has 3 N–H and O–H groups in total. The Bertz CT molecular complexity index is 377. The molecule has 0 aliphatic carbocycles. The Morgan fingerprint density at radius 1 is 1.65 bits per heavy atom. The number of amides is 1. The van der Waals surface area contributed by atoms with Gasteiger partial charge in [0.15, 0.2) is 5.75 Å². The van der Waals surface area contributed by atoms with Crippen molar-refractivity contribution in [3.05, 3.63) is 12.3 Å². The molecule has 0 unspecified atom stereocenters. The number of hydrogen-bond donors (Lipinski definition) is 2. The summed E-state index contributed by atoms with van der Waals surface area (Å²) in [6, 6.07) is 1.49. The van der Waals surface area contributed by atoms with E-state index in [9.17, 15) is 9.18 Å². The molecule has 0 radical (unpaired) electrons. The summed E-state index contributed by atoms with van der Waals surface area (Å²) in [5.41, 5.74) is 6.03. The molecule has 0 bridgehead atoms. The van der Waals surface area contributed by atoms with E-state index in [0.717, 1.165) is 0 Å². The fraction of sp³-hybridized carbons (Fsp3) is 0.400. The molecule has 0 fully saturated rings. The molecule has 1 amide bonds. The number of halogens is 2. The number of carbonyl (C=O) groups is 1. The summed E-state index contributed by atoms with van der Waals surface area (Å²) >= 11 is 0. The van der Waals surface area contributed by atoms with Crippen molar-refractivity contribution >= 4 is 29.8 Å². The van der Waals surface area contributed by atoms with E-state index in [1.807, 2.05) is 0 Å². The third-order valence-corrected chi connectivity index (χ3v) is 1.74. The van der Waals surface area contributed by atoms with Gasteiger partial charge in [-0.2, -0.15) is 0 Å².